The third kappa shape index (κ3) is 4.09. The second-order valence-corrected chi connectivity index (χ2v) is 6.79. The predicted molar refractivity (Wildman–Crippen MR) is 85.8 cm³/mol. The summed E-state index contributed by atoms with van der Waals surface area (Å²) in [7, 11) is 0. The normalized spacial score (nSPS) is 22.8. The summed E-state index contributed by atoms with van der Waals surface area (Å²) in [5, 5.41) is 7.21. The summed E-state index contributed by atoms with van der Waals surface area (Å²) in [5.74, 6) is 0.144. The van der Waals surface area contributed by atoms with Gasteiger partial charge in [0, 0.05) is 31.1 Å². The Morgan fingerprint density at radius 3 is 2.74 bits per heavy atom. The van der Waals surface area contributed by atoms with Gasteiger partial charge in [-0.2, -0.15) is 5.10 Å². The molecule has 2 aliphatic rings. The van der Waals surface area contributed by atoms with Gasteiger partial charge in [-0.1, -0.05) is 12.8 Å². The van der Waals surface area contributed by atoms with E-state index >= 15 is 0 Å². The number of aromatic nitrogens is 3. The van der Waals surface area contributed by atoms with E-state index in [2.05, 4.69) is 20.3 Å². The summed E-state index contributed by atoms with van der Waals surface area (Å²) in [4.78, 5) is 19.0. The Bertz CT molecular complexity index is 493. The third-order valence-corrected chi connectivity index (χ3v) is 5.04. The molecular formula is C16H27N5O2. The van der Waals surface area contributed by atoms with Gasteiger partial charge >= 0.3 is 0 Å². The molecule has 1 aromatic heterocycles. The van der Waals surface area contributed by atoms with Crippen molar-refractivity contribution in [1.29, 1.82) is 0 Å². The first-order chi connectivity index (χ1) is 11.2. The van der Waals surface area contributed by atoms with Crippen LogP contribution in [0.2, 0.25) is 0 Å². The van der Waals surface area contributed by atoms with E-state index in [-0.39, 0.29) is 17.5 Å². The summed E-state index contributed by atoms with van der Waals surface area (Å²) in [6, 6.07) is 0.0485. The maximum atomic E-state index is 12.6. The monoisotopic (exact) mass is 321 g/mol. The number of ether oxygens (including phenoxy) is 1. The van der Waals surface area contributed by atoms with Gasteiger partial charge in [-0.15, -0.1) is 0 Å². The minimum Gasteiger partial charge on any atom is -0.379 e. The van der Waals surface area contributed by atoms with Crippen LogP contribution in [-0.2, 0) is 16.1 Å². The van der Waals surface area contributed by atoms with Gasteiger partial charge < -0.3 is 10.1 Å². The van der Waals surface area contributed by atoms with Crippen LogP contribution in [0.3, 0.4) is 0 Å². The van der Waals surface area contributed by atoms with E-state index in [9.17, 15) is 4.79 Å². The van der Waals surface area contributed by atoms with E-state index < -0.39 is 0 Å². The fraction of sp³-hybridized carbons (Fsp3) is 0.812. The second-order valence-electron chi connectivity index (χ2n) is 6.79. The lowest BCUT2D eigenvalue weighted by atomic mass is 9.90. The Balaban J connectivity index is 1.55. The molecule has 1 atom stereocenters. The van der Waals surface area contributed by atoms with E-state index in [1.165, 1.54) is 19.2 Å². The number of nitrogens with zero attached hydrogens (tertiary/aromatic N) is 4. The largest absolute Gasteiger partial charge is 0.379 e. The molecule has 1 saturated heterocycles. The molecule has 1 aliphatic carbocycles. The molecule has 1 unspecified atom stereocenters. The molecule has 0 spiro atoms. The van der Waals surface area contributed by atoms with E-state index in [1.807, 2.05) is 6.92 Å². The van der Waals surface area contributed by atoms with Gasteiger partial charge in [0.25, 0.3) is 0 Å². The van der Waals surface area contributed by atoms with Crippen LogP contribution in [-0.4, -0.2) is 63.5 Å². The quantitative estimate of drug-likeness (QED) is 0.840. The number of amides is 1. The number of nitrogens with one attached hydrogen (secondary N) is 1. The van der Waals surface area contributed by atoms with Crippen molar-refractivity contribution in [3.8, 4) is 0 Å². The van der Waals surface area contributed by atoms with Crippen molar-refractivity contribution in [2.24, 2.45) is 0 Å². The topological polar surface area (TPSA) is 72.3 Å². The lowest BCUT2D eigenvalue weighted by Crippen LogP contribution is -2.54. The van der Waals surface area contributed by atoms with Crippen LogP contribution in [0, 0.1) is 0 Å². The zero-order chi connectivity index (χ0) is 16.1. The van der Waals surface area contributed by atoms with Crippen molar-refractivity contribution >= 4 is 5.91 Å². The molecule has 1 saturated carbocycles. The zero-order valence-electron chi connectivity index (χ0n) is 13.9. The molecule has 23 heavy (non-hydrogen) atoms. The number of hydrogen-bond acceptors (Lipinski definition) is 5. The first-order valence-electron chi connectivity index (χ1n) is 8.63. The summed E-state index contributed by atoms with van der Waals surface area (Å²) >= 11 is 0. The van der Waals surface area contributed by atoms with Crippen LogP contribution >= 0.6 is 0 Å². The molecule has 0 radical (unpaired) electrons. The van der Waals surface area contributed by atoms with Crippen LogP contribution in [0.5, 0.6) is 0 Å². The second kappa shape index (κ2) is 7.40. The molecule has 128 valence electrons. The van der Waals surface area contributed by atoms with Crippen molar-refractivity contribution in [2.45, 2.75) is 57.2 Å². The van der Waals surface area contributed by atoms with Crippen LogP contribution in [0.4, 0.5) is 0 Å². The number of carbonyl (C=O) groups is 1. The van der Waals surface area contributed by atoms with Crippen LogP contribution in [0.1, 0.15) is 39.0 Å². The third-order valence-electron chi connectivity index (χ3n) is 5.04. The Morgan fingerprint density at radius 2 is 2.09 bits per heavy atom. The Labute approximate surface area is 137 Å². The highest BCUT2D eigenvalue weighted by atomic mass is 16.5. The standard InChI is InChI=1S/C16H27N5O2/c1-14(11-21-13-17-12-18-21)19-15(22)10-16(4-2-3-5-16)20-6-8-23-9-7-20/h12-14H,2-11H2,1H3,(H,19,22). The molecule has 2 fully saturated rings. The van der Waals surface area contributed by atoms with Gasteiger partial charge in [0.1, 0.15) is 12.7 Å². The van der Waals surface area contributed by atoms with E-state index in [4.69, 9.17) is 4.74 Å². The number of hydrogen-bond donors (Lipinski definition) is 1. The van der Waals surface area contributed by atoms with Crippen molar-refractivity contribution in [2.75, 3.05) is 26.3 Å². The SMILES string of the molecule is CC(Cn1cncn1)NC(=O)CC1(N2CCOCC2)CCCC1. The van der Waals surface area contributed by atoms with Crippen LogP contribution in [0.15, 0.2) is 12.7 Å². The van der Waals surface area contributed by atoms with Gasteiger partial charge in [0.05, 0.1) is 19.8 Å². The fourth-order valence-corrected chi connectivity index (χ4v) is 3.95. The van der Waals surface area contributed by atoms with Crippen molar-refractivity contribution in [3.05, 3.63) is 12.7 Å². The van der Waals surface area contributed by atoms with Crippen molar-refractivity contribution in [3.63, 3.8) is 0 Å². The summed E-state index contributed by atoms with van der Waals surface area (Å²) in [6.45, 7) is 6.12. The lowest BCUT2D eigenvalue weighted by Gasteiger charge is -2.43. The number of carbonyl (C=O) groups excluding carboxylic acids is 1. The molecule has 0 bridgehead atoms. The lowest BCUT2D eigenvalue weighted by molar-refractivity contribution is -0.126. The van der Waals surface area contributed by atoms with Crippen LogP contribution < -0.4 is 5.32 Å². The predicted octanol–water partition coefficient (Wildman–Crippen LogP) is 0.818. The summed E-state index contributed by atoms with van der Waals surface area (Å²) in [5.41, 5.74) is 0.0425. The average Bonchev–Trinajstić information content (AvgIpc) is 3.20. The van der Waals surface area contributed by atoms with Gasteiger partial charge in [0.2, 0.25) is 5.91 Å². The van der Waals surface area contributed by atoms with Gasteiger partial charge in [-0.05, 0) is 19.8 Å². The first kappa shape index (κ1) is 16.4. The smallest absolute Gasteiger partial charge is 0.222 e. The van der Waals surface area contributed by atoms with Gasteiger partial charge in [0.15, 0.2) is 0 Å². The highest BCUT2D eigenvalue weighted by Gasteiger charge is 2.41. The molecule has 7 heteroatoms. The van der Waals surface area contributed by atoms with Gasteiger partial charge in [-0.25, -0.2) is 4.98 Å². The Hall–Kier alpha value is -1.47. The Kier molecular flexibility index (Phi) is 5.27. The average molecular weight is 321 g/mol. The molecule has 2 heterocycles. The van der Waals surface area contributed by atoms with Crippen molar-refractivity contribution in [1.82, 2.24) is 25.0 Å². The Morgan fingerprint density at radius 1 is 1.35 bits per heavy atom. The van der Waals surface area contributed by atoms with E-state index in [0.717, 1.165) is 39.1 Å². The molecule has 1 amide bonds. The highest BCUT2D eigenvalue weighted by Crippen LogP contribution is 2.38. The first-order valence-corrected chi connectivity index (χ1v) is 8.63. The van der Waals surface area contributed by atoms with E-state index in [0.29, 0.717) is 13.0 Å². The molecule has 1 N–H and O–H groups in total. The maximum Gasteiger partial charge on any atom is 0.222 e. The van der Waals surface area contributed by atoms with Gasteiger partial charge in [-0.3, -0.25) is 14.4 Å². The fourth-order valence-electron chi connectivity index (χ4n) is 3.95. The summed E-state index contributed by atoms with van der Waals surface area (Å²) < 4.78 is 7.22. The van der Waals surface area contributed by atoms with Crippen molar-refractivity contribution < 1.29 is 9.53 Å². The van der Waals surface area contributed by atoms with Crippen LogP contribution in [0.25, 0.3) is 0 Å². The molecule has 0 aromatic carbocycles. The number of rotatable bonds is 6. The zero-order valence-corrected chi connectivity index (χ0v) is 13.9. The highest BCUT2D eigenvalue weighted by molar-refractivity contribution is 5.77. The number of morpholine rings is 1. The molecule has 1 aromatic rings. The molecule has 1 aliphatic heterocycles. The minimum atomic E-state index is 0.0425. The molecule has 3 rings (SSSR count). The van der Waals surface area contributed by atoms with E-state index in [1.54, 1.807) is 11.0 Å². The minimum absolute atomic E-state index is 0.0425. The maximum absolute atomic E-state index is 12.6. The molecule has 7 nitrogen and oxygen atoms in total. The summed E-state index contributed by atoms with van der Waals surface area (Å²) in [6.07, 6.45) is 8.47. The molecular weight excluding hydrogens is 294 g/mol.